The van der Waals surface area contributed by atoms with Crippen molar-refractivity contribution in [2.24, 2.45) is 5.92 Å². The molecule has 8 nitrogen and oxygen atoms in total. The Morgan fingerprint density at radius 2 is 1.93 bits per heavy atom. The average molecular weight is 391 g/mol. The molecule has 0 spiro atoms. The van der Waals surface area contributed by atoms with Crippen LogP contribution in [0.4, 0.5) is 11.4 Å². The van der Waals surface area contributed by atoms with E-state index in [4.69, 9.17) is 4.42 Å². The van der Waals surface area contributed by atoms with Gasteiger partial charge >= 0.3 is 0 Å². The molecule has 144 valence electrons. The first-order valence-corrected chi connectivity index (χ1v) is 10.2. The van der Waals surface area contributed by atoms with E-state index in [1.54, 1.807) is 54.5 Å². The number of anilines is 2. The van der Waals surface area contributed by atoms with Gasteiger partial charge in [-0.15, -0.1) is 0 Å². The molecule has 0 bridgehead atoms. The van der Waals surface area contributed by atoms with Crippen molar-refractivity contribution in [3.05, 3.63) is 48.4 Å². The van der Waals surface area contributed by atoms with Gasteiger partial charge in [-0.3, -0.25) is 14.3 Å². The minimum absolute atomic E-state index is 0.0182. The fourth-order valence-electron chi connectivity index (χ4n) is 2.81. The summed E-state index contributed by atoms with van der Waals surface area (Å²) in [6.07, 6.45) is 1.70. The van der Waals surface area contributed by atoms with Gasteiger partial charge in [0.1, 0.15) is 5.76 Å². The Hall–Kier alpha value is -2.81. The van der Waals surface area contributed by atoms with Gasteiger partial charge in [0, 0.05) is 24.3 Å². The Labute approximate surface area is 157 Å². The maximum absolute atomic E-state index is 12.4. The highest BCUT2D eigenvalue weighted by atomic mass is 32.2. The second kappa shape index (κ2) is 7.83. The van der Waals surface area contributed by atoms with Crippen LogP contribution in [0.1, 0.15) is 19.1 Å². The summed E-state index contributed by atoms with van der Waals surface area (Å²) in [7, 11) is -3.34. The van der Waals surface area contributed by atoms with Gasteiger partial charge in [-0.05, 0) is 43.3 Å². The van der Waals surface area contributed by atoms with Crippen LogP contribution in [0.2, 0.25) is 0 Å². The summed E-state index contributed by atoms with van der Waals surface area (Å²) in [4.78, 5) is 26.2. The zero-order valence-corrected chi connectivity index (χ0v) is 15.7. The average Bonchev–Trinajstić information content (AvgIpc) is 3.27. The summed E-state index contributed by atoms with van der Waals surface area (Å²) >= 11 is 0. The van der Waals surface area contributed by atoms with Crippen molar-refractivity contribution in [3.63, 3.8) is 0 Å². The molecule has 1 atom stereocenters. The molecule has 2 N–H and O–H groups in total. The second-order valence-corrected chi connectivity index (χ2v) is 8.34. The Morgan fingerprint density at radius 1 is 1.22 bits per heavy atom. The summed E-state index contributed by atoms with van der Waals surface area (Å²) in [5, 5.41) is 2.77. The van der Waals surface area contributed by atoms with Gasteiger partial charge in [-0.25, -0.2) is 8.42 Å². The quantitative estimate of drug-likeness (QED) is 0.751. The third kappa shape index (κ3) is 4.88. The van der Waals surface area contributed by atoms with Gasteiger partial charge in [-0.1, -0.05) is 0 Å². The van der Waals surface area contributed by atoms with Crippen LogP contribution in [0.5, 0.6) is 0 Å². The van der Waals surface area contributed by atoms with Crippen LogP contribution in [0.15, 0.2) is 47.1 Å². The maximum Gasteiger partial charge on any atom is 0.232 e. The van der Waals surface area contributed by atoms with Crippen molar-refractivity contribution in [2.75, 3.05) is 22.3 Å². The first-order chi connectivity index (χ1) is 12.9. The van der Waals surface area contributed by atoms with Crippen LogP contribution in [0.25, 0.3) is 0 Å². The van der Waals surface area contributed by atoms with E-state index in [9.17, 15) is 18.0 Å². The molecule has 1 aromatic carbocycles. The van der Waals surface area contributed by atoms with E-state index in [2.05, 4.69) is 10.0 Å². The molecular formula is C18H21N3O5S. The summed E-state index contributed by atoms with van der Waals surface area (Å²) in [6.45, 7) is 2.23. The fourth-order valence-corrected chi connectivity index (χ4v) is 3.45. The van der Waals surface area contributed by atoms with Gasteiger partial charge in [0.15, 0.2) is 0 Å². The Bertz CT molecular complexity index is 907. The molecule has 0 saturated carbocycles. The third-order valence-corrected chi connectivity index (χ3v) is 5.62. The molecule has 27 heavy (non-hydrogen) atoms. The van der Waals surface area contributed by atoms with Crippen LogP contribution >= 0.6 is 0 Å². The first kappa shape index (κ1) is 19.0. The van der Waals surface area contributed by atoms with Gasteiger partial charge < -0.3 is 14.6 Å². The molecular weight excluding hydrogens is 370 g/mol. The van der Waals surface area contributed by atoms with Crippen molar-refractivity contribution in [3.8, 4) is 0 Å². The second-order valence-electron chi connectivity index (χ2n) is 6.33. The van der Waals surface area contributed by atoms with Crippen molar-refractivity contribution < 1.29 is 22.4 Å². The summed E-state index contributed by atoms with van der Waals surface area (Å²) < 4.78 is 30.8. The lowest BCUT2D eigenvalue weighted by Gasteiger charge is -2.15. The zero-order chi connectivity index (χ0) is 19.4. The zero-order valence-electron chi connectivity index (χ0n) is 14.8. The van der Waals surface area contributed by atoms with E-state index in [-0.39, 0.29) is 24.0 Å². The fraction of sp³-hybridized carbons (Fsp3) is 0.333. The highest BCUT2D eigenvalue weighted by Gasteiger charge is 2.34. The number of hydrogen-bond donors (Lipinski definition) is 2. The number of nitrogens with one attached hydrogen (secondary N) is 2. The van der Waals surface area contributed by atoms with E-state index in [0.717, 1.165) is 0 Å². The highest BCUT2D eigenvalue weighted by Crippen LogP contribution is 2.23. The summed E-state index contributed by atoms with van der Waals surface area (Å²) in [5.41, 5.74) is 0.965. The van der Waals surface area contributed by atoms with Crippen molar-refractivity contribution in [2.45, 2.75) is 19.9 Å². The lowest BCUT2D eigenvalue weighted by atomic mass is 10.1. The lowest BCUT2D eigenvalue weighted by molar-refractivity contribution is -0.128. The molecule has 0 radical (unpaired) electrons. The number of sulfonamides is 1. The number of carbonyl (C=O) groups is 2. The van der Waals surface area contributed by atoms with Crippen LogP contribution < -0.4 is 10.0 Å². The number of amides is 2. The third-order valence-electron chi connectivity index (χ3n) is 4.32. The highest BCUT2D eigenvalue weighted by molar-refractivity contribution is 7.92. The Morgan fingerprint density at radius 3 is 2.56 bits per heavy atom. The van der Waals surface area contributed by atoms with Crippen molar-refractivity contribution in [1.29, 1.82) is 0 Å². The number of likely N-dealkylation sites (tertiary alicyclic amines) is 1. The lowest BCUT2D eigenvalue weighted by Crippen LogP contribution is -2.27. The number of nitrogens with zero attached hydrogens (tertiary/aromatic N) is 1. The minimum Gasteiger partial charge on any atom is -0.467 e. The van der Waals surface area contributed by atoms with Crippen LogP contribution in [0, 0.1) is 5.92 Å². The van der Waals surface area contributed by atoms with E-state index in [1.807, 2.05) is 0 Å². The van der Waals surface area contributed by atoms with E-state index in [1.165, 1.54) is 0 Å². The van der Waals surface area contributed by atoms with Crippen molar-refractivity contribution in [1.82, 2.24) is 4.90 Å². The molecule has 1 unspecified atom stereocenters. The molecule has 2 aromatic rings. The number of hydrogen-bond acceptors (Lipinski definition) is 5. The Balaban J connectivity index is 1.56. The standard InChI is InChI=1S/C18H21N3O5S/c1-2-27(24,25)20-15-7-5-14(6-8-15)19-18(23)13-10-17(22)21(11-13)12-16-4-3-9-26-16/h3-9,13,20H,2,10-12H2,1H3,(H,19,23). The molecule has 0 aliphatic carbocycles. The number of carbonyl (C=O) groups excluding carboxylic acids is 2. The molecule has 3 rings (SSSR count). The van der Waals surface area contributed by atoms with Crippen LogP contribution in [-0.2, 0) is 26.2 Å². The topological polar surface area (TPSA) is 109 Å². The monoisotopic (exact) mass is 391 g/mol. The van der Waals surface area contributed by atoms with Crippen molar-refractivity contribution >= 4 is 33.2 Å². The van der Waals surface area contributed by atoms with E-state index >= 15 is 0 Å². The largest absolute Gasteiger partial charge is 0.467 e. The van der Waals surface area contributed by atoms with Gasteiger partial charge in [0.2, 0.25) is 21.8 Å². The molecule has 2 heterocycles. The number of benzene rings is 1. The summed E-state index contributed by atoms with van der Waals surface area (Å²) in [6, 6.07) is 9.92. The molecule has 2 amide bonds. The van der Waals surface area contributed by atoms with E-state index < -0.39 is 15.9 Å². The SMILES string of the molecule is CCS(=O)(=O)Nc1ccc(NC(=O)C2CC(=O)N(Cc3ccco3)C2)cc1. The molecule has 1 saturated heterocycles. The molecule has 1 aliphatic heterocycles. The predicted molar refractivity (Wildman–Crippen MR) is 100 cm³/mol. The minimum atomic E-state index is -3.34. The molecule has 1 aliphatic rings. The maximum atomic E-state index is 12.4. The normalized spacial score (nSPS) is 17.1. The molecule has 1 aromatic heterocycles. The van der Waals surface area contributed by atoms with Gasteiger partial charge in [-0.2, -0.15) is 0 Å². The predicted octanol–water partition coefficient (Wildman–Crippen LogP) is 2.03. The van der Waals surface area contributed by atoms with Gasteiger partial charge in [0.05, 0.1) is 24.5 Å². The van der Waals surface area contributed by atoms with Gasteiger partial charge in [0.25, 0.3) is 0 Å². The van der Waals surface area contributed by atoms with E-state index in [0.29, 0.717) is 30.2 Å². The smallest absolute Gasteiger partial charge is 0.232 e. The van der Waals surface area contributed by atoms with Crippen LogP contribution in [0.3, 0.4) is 0 Å². The first-order valence-electron chi connectivity index (χ1n) is 8.58. The molecule has 1 fully saturated rings. The molecule has 9 heteroatoms. The Kier molecular flexibility index (Phi) is 5.50. The number of furan rings is 1. The summed E-state index contributed by atoms with van der Waals surface area (Å²) in [5.74, 6) is -0.112. The van der Waals surface area contributed by atoms with Crippen LogP contribution in [-0.4, -0.2) is 37.4 Å². The number of rotatable bonds is 7.